The van der Waals surface area contributed by atoms with Crippen molar-refractivity contribution >= 4 is 5.69 Å². The minimum absolute atomic E-state index is 0.310. The van der Waals surface area contributed by atoms with Gasteiger partial charge in [-0.25, -0.2) is 4.39 Å². The zero-order chi connectivity index (χ0) is 13.3. The van der Waals surface area contributed by atoms with E-state index in [2.05, 4.69) is 18.7 Å². The molecule has 0 saturated heterocycles. The van der Waals surface area contributed by atoms with E-state index in [1.807, 2.05) is 6.07 Å². The summed E-state index contributed by atoms with van der Waals surface area (Å²) in [7, 11) is 0. The molecule has 0 aromatic heterocycles. The molecule has 1 aromatic rings. The van der Waals surface area contributed by atoms with Gasteiger partial charge in [0.1, 0.15) is 5.82 Å². The van der Waals surface area contributed by atoms with Gasteiger partial charge in [-0.3, -0.25) is 0 Å². The average molecular weight is 251 g/mol. The monoisotopic (exact) mass is 251 g/mol. The third-order valence-electron chi connectivity index (χ3n) is 3.53. The molecule has 1 aromatic carbocycles. The first-order chi connectivity index (χ1) is 8.50. The smallest absolute Gasteiger partial charge is 0.131 e. The van der Waals surface area contributed by atoms with Crippen LogP contribution in [0.2, 0.25) is 0 Å². The van der Waals surface area contributed by atoms with Crippen LogP contribution in [0.4, 0.5) is 10.1 Å². The Hall–Kier alpha value is -1.09. The van der Waals surface area contributed by atoms with Crippen molar-refractivity contribution in [3.05, 3.63) is 29.6 Å². The molecule has 0 aliphatic heterocycles. The van der Waals surface area contributed by atoms with Crippen molar-refractivity contribution in [1.29, 1.82) is 0 Å². The van der Waals surface area contributed by atoms with Crippen molar-refractivity contribution in [2.24, 2.45) is 5.92 Å². The highest BCUT2D eigenvalue weighted by molar-refractivity contribution is 5.56. The third kappa shape index (κ3) is 2.83. The second-order valence-corrected chi connectivity index (χ2v) is 5.54. The molecular weight excluding hydrogens is 229 g/mol. The van der Waals surface area contributed by atoms with Gasteiger partial charge in [0.05, 0.1) is 6.10 Å². The van der Waals surface area contributed by atoms with E-state index in [1.165, 1.54) is 18.9 Å². The molecule has 0 radical (unpaired) electrons. The fourth-order valence-corrected chi connectivity index (χ4v) is 2.36. The zero-order valence-corrected chi connectivity index (χ0v) is 11.4. The number of nitrogens with zero attached hydrogens (tertiary/aromatic N) is 1. The summed E-state index contributed by atoms with van der Waals surface area (Å²) in [5.41, 5.74) is 1.26. The Bertz CT molecular complexity index is 413. The highest BCUT2D eigenvalue weighted by Crippen LogP contribution is 2.35. The van der Waals surface area contributed by atoms with Gasteiger partial charge in [0.2, 0.25) is 0 Å². The summed E-state index contributed by atoms with van der Waals surface area (Å²) < 4.78 is 13.9. The maximum Gasteiger partial charge on any atom is 0.131 e. The fourth-order valence-electron chi connectivity index (χ4n) is 2.36. The molecule has 0 spiro atoms. The predicted molar refractivity (Wildman–Crippen MR) is 72.2 cm³/mol. The Morgan fingerprint density at radius 2 is 2.00 bits per heavy atom. The molecule has 0 amide bonds. The Kier molecular flexibility index (Phi) is 3.91. The Morgan fingerprint density at radius 3 is 2.50 bits per heavy atom. The molecule has 18 heavy (non-hydrogen) atoms. The lowest BCUT2D eigenvalue weighted by Crippen LogP contribution is -2.34. The number of aliphatic hydroxyl groups is 1. The van der Waals surface area contributed by atoms with Crippen LogP contribution in [0.25, 0.3) is 0 Å². The lowest BCUT2D eigenvalue weighted by molar-refractivity contribution is 0.194. The van der Waals surface area contributed by atoms with Crippen LogP contribution in [0.15, 0.2) is 18.2 Å². The summed E-state index contributed by atoms with van der Waals surface area (Å²) in [4.78, 5) is 2.21. The van der Waals surface area contributed by atoms with Crippen LogP contribution in [0.3, 0.4) is 0 Å². The van der Waals surface area contributed by atoms with Gasteiger partial charge in [0.15, 0.2) is 0 Å². The number of benzene rings is 1. The van der Waals surface area contributed by atoms with Gasteiger partial charge in [-0.05, 0) is 51.7 Å². The summed E-state index contributed by atoms with van der Waals surface area (Å²) in [6.07, 6.45) is 1.76. The highest BCUT2D eigenvalue weighted by Gasteiger charge is 2.28. The number of aliphatic hydroxyl groups excluding tert-OH is 1. The van der Waals surface area contributed by atoms with Crippen molar-refractivity contribution in [2.45, 2.75) is 45.8 Å². The predicted octanol–water partition coefficient (Wildman–Crippen LogP) is 3.50. The quantitative estimate of drug-likeness (QED) is 0.865. The summed E-state index contributed by atoms with van der Waals surface area (Å²) in [6, 6.07) is 5.36. The molecule has 1 aliphatic rings. The molecular formula is C15H22FNO. The third-order valence-corrected chi connectivity index (χ3v) is 3.53. The first kappa shape index (κ1) is 13.3. The second-order valence-electron chi connectivity index (χ2n) is 5.54. The van der Waals surface area contributed by atoms with Crippen molar-refractivity contribution in [2.75, 3.05) is 11.4 Å². The molecule has 1 N–H and O–H groups in total. The van der Waals surface area contributed by atoms with Gasteiger partial charge in [0, 0.05) is 23.8 Å². The molecule has 3 heteroatoms. The van der Waals surface area contributed by atoms with Gasteiger partial charge < -0.3 is 10.0 Å². The molecule has 1 atom stereocenters. The van der Waals surface area contributed by atoms with Gasteiger partial charge in [-0.2, -0.15) is 0 Å². The van der Waals surface area contributed by atoms with Gasteiger partial charge >= 0.3 is 0 Å². The van der Waals surface area contributed by atoms with Crippen LogP contribution < -0.4 is 4.90 Å². The van der Waals surface area contributed by atoms with Crippen LogP contribution in [0.5, 0.6) is 0 Å². The normalized spacial score (nSPS) is 17.0. The van der Waals surface area contributed by atoms with Crippen molar-refractivity contribution in [3.63, 3.8) is 0 Å². The molecule has 1 saturated carbocycles. The van der Waals surface area contributed by atoms with Gasteiger partial charge in [-0.1, -0.05) is 6.07 Å². The SMILES string of the molecule is CC(O)c1c(F)cccc1N(CC1CC1)C(C)C. The standard InChI is InChI=1S/C15H22FNO/c1-10(2)17(9-12-7-8-12)14-6-4-5-13(16)15(14)11(3)18/h4-6,10-12,18H,7-9H2,1-3H3. The van der Waals surface area contributed by atoms with E-state index in [4.69, 9.17) is 0 Å². The molecule has 0 heterocycles. The number of hydrogen-bond donors (Lipinski definition) is 1. The maximum atomic E-state index is 13.9. The summed E-state index contributed by atoms with van der Waals surface area (Å²) in [5.74, 6) is 0.418. The molecule has 2 nitrogen and oxygen atoms in total. The van der Waals surface area contributed by atoms with Gasteiger partial charge in [0.25, 0.3) is 0 Å². The maximum absolute atomic E-state index is 13.9. The van der Waals surface area contributed by atoms with E-state index in [9.17, 15) is 9.50 Å². The van der Waals surface area contributed by atoms with E-state index in [-0.39, 0.29) is 5.82 Å². The topological polar surface area (TPSA) is 23.5 Å². The fraction of sp³-hybridized carbons (Fsp3) is 0.600. The Morgan fingerprint density at radius 1 is 1.33 bits per heavy atom. The molecule has 1 unspecified atom stereocenters. The lowest BCUT2D eigenvalue weighted by atomic mass is 10.0. The molecule has 100 valence electrons. The lowest BCUT2D eigenvalue weighted by Gasteiger charge is -2.32. The number of halogens is 1. The summed E-state index contributed by atoms with van der Waals surface area (Å²) >= 11 is 0. The van der Waals surface area contributed by atoms with Crippen molar-refractivity contribution in [1.82, 2.24) is 0 Å². The molecule has 1 fully saturated rings. The largest absolute Gasteiger partial charge is 0.389 e. The van der Waals surface area contributed by atoms with E-state index in [0.717, 1.165) is 18.2 Å². The van der Waals surface area contributed by atoms with Crippen LogP contribution in [0.1, 0.15) is 45.3 Å². The number of anilines is 1. The van der Waals surface area contributed by atoms with Gasteiger partial charge in [-0.15, -0.1) is 0 Å². The summed E-state index contributed by atoms with van der Waals surface area (Å²) in [5, 5.41) is 9.80. The molecule has 0 bridgehead atoms. The van der Waals surface area contributed by atoms with E-state index in [0.29, 0.717) is 11.6 Å². The van der Waals surface area contributed by atoms with Crippen molar-refractivity contribution < 1.29 is 9.50 Å². The Balaban J connectivity index is 2.36. The van der Waals surface area contributed by atoms with E-state index < -0.39 is 6.10 Å². The van der Waals surface area contributed by atoms with E-state index in [1.54, 1.807) is 13.0 Å². The first-order valence-electron chi connectivity index (χ1n) is 6.73. The van der Waals surface area contributed by atoms with Crippen LogP contribution in [-0.2, 0) is 0 Å². The summed E-state index contributed by atoms with van der Waals surface area (Å²) in [6.45, 7) is 6.80. The van der Waals surface area contributed by atoms with Crippen LogP contribution in [-0.4, -0.2) is 17.7 Å². The average Bonchev–Trinajstić information content (AvgIpc) is 3.08. The Labute approximate surface area is 108 Å². The number of hydrogen-bond acceptors (Lipinski definition) is 2. The second kappa shape index (κ2) is 5.27. The van der Waals surface area contributed by atoms with Crippen molar-refractivity contribution in [3.8, 4) is 0 Å². The minimum Gasteiger partial charge on any atom is -0.389 e. The first-order valence-corrected chi connectivity index (χ1v) is 6.73. The van der Waals surface area contributed by atoms with E-state index >= 15 is 0 Å². The molecule has 2 rings (SSSR count). The van der Waals surface area contributed by atoms with Crippen LogP contribution >= 0.6 is 0 Å². The molecule has 1 aliphatic carbocycles. The minimum atomic E-state index is -0.776. The zero-order valence-electron chi connectivity index (χ0n) is 11.4. The highest BCUT2D eigenvalue weighted by atomic mass is 19.1. The van der Waals surface area contributed by atoms with Crippen LogP contribution in [0, 0.1) is 11.7 Å². The number of rotatable bonds is 5.